The highest BCUT2D eigenvalue weighted by Gasteiger charge is 2.62. The number of aromatic nitrogens is 1. The van der Waals surface area contributed by atoms with Gasteiger partial charge >= 0.3 is 0 Å². The summed E-state index contributed by atoms with van der Waals surface area (Å²) in [6, 6.07) is 0.176. The van der Waals surface area contributed by atoms with Crippen LogP contribution in [0.5, 0.6) is 0 Å². The first-order chi connectivity index (χ1) is 13.0. The zero-order chi connectivity index (χ0) is 19.2. The standard InChI is InChI=1S/C19H27N3O4S/c1-12-15(27-13(2)20-12)17(23)21-8-4-14(5-9-21)22-18(24)16(25-3)19(22)6-10-26-11-7-19/h14,16H,4-11H2,1-3H3. The van der Waals surface area contributed by atoms with Gasteiger partial charge in [-0.25, -0.2) is 4.98 Å². The minimum atomic E-state index is -0.344. The minimum Gasteiger partial charge on any atom is -0.381 e. The van der Waals surface area contributed by atoms with E-state index in [9.17, 15) is 9.59 Å². The number of methoxy groups -OCH3 is 1. The van der Waals surface area contributed by atoms with Gasteiger partial charge in [-0.05, 0) is 39.5 Å². The zero-order valence-corrected chi connectivity index (χ0v) is 17.0. The number of hydrogen-bond acceptors (Lipinski definition) is 6. The first kappa shape index (κ1) is 18.8. The molecule has 148 valence electrons. The van der Waals surface area contributed by atoms with Gasteiger partial charge in [-0.1, -0.05) is 0 Å². The molecular weight excluding hydrogens is 366 g/mol. The van der Waals surface area contributed by atoms with Gasteiger partial charge in [-0.3, -0.25) is 9.59 Å². The molecule has 2 amide bonds. The van der Waals surface area contributed by atoms with Crippen LogP contribution >= 0.6 is 11.3 Å². The Labute approximate surface area is 163 Å². The van der Waals surface area contributed by atoms with Crippen molar-refractivity contribution in [2.45, 2.75) is 57.2 Å². The summed E-state index contributed by atoms with van der Waals surface area (Å²) in [6.07, 6.45) is 2.94. The fourth-order valence-electron chi connectivity index (χ4n) is 4.93. The summed E-state index contributed by atoms with van der Waals surface area (Å²) in [7, 11) is 1.62. The van der Waals surface area contributed by atoms with Crippen molar-refractivity contribution >= 4 is 23.2 Å². The summed E-state index contributed by atoms with van der Waals surface area (Å²) in [6.45, 7) is 6.51. The van der Waals surface area contributed by atoms with Crippen LogP contribution in [-0.4, -0.2) is 77.7 Å². The number of likely N-dealkylation sites (tertiary alicyclic amines) is 2. The number of nitrogens with zero attached hydrogens (tertiary/aromatic N) is 3. The molecule has 1 aromatic heterocycles. The Hall–Kier alpha value is -1.51. The second-order valence-corrected chi connectivity index (χ2v) is 8.91. The van der Waals surface area contributed by atoms with Crippen molar-refractivity contribution in [1.29, 1.82) is 0 Å². The fraction of sp³-hybridized carbons (Fsp3) is 0.737. The number of thiazole rings is 1. The largest absolute Gasteiger partial charge is 0.381 e. The van der Waals surface area contributed by atoms with Gasteiger partial charge in [0.2, 0.25) is 0 Å². The van der Waals surface area contributed by atoms with Crippen molar-refractivity contribution in [3.63, 3.8) is 0 Å². The number of carbonyl (C=O) groups excluding carboxylic acids is 2. The molecule has 7 nitrogen and oxygen atoms in total. The van der Waals surface area contributed by atoms with E-state index in [1.807, 2.05) is 18.7 Å². The Morgan fingerprint density at radius 1 is 1.26 bits per heavy atom. The van der Waals surface area contributed by atoms with Crippen molar-refractivity contribution < 1.29 is 19.1 Å². The molecule has 0 radical (unpaired) electrons. The van der Waals surface area contributed by atoms with Crippen LogP contribution in [0.2, 0.25) is 0 Å². The van der Waals surface area contributed by atoms with E-state index < -0.39 is 0 Å². The van der Waals surface area contributed by atoms with E-state index in [1.54, 1.807) is 7.11 Å². The molecule has 1 atom stereocenters. The van der Waals surface area contributed by atoms with Gasteiger partial charge < -0.3 is 19.3 Å². The molecule has 3 fully saturated rings. The molecule has 8 heteroatoms. The average molecular weight is 394 g/mol. The Morgan fingerprint density at radius 3 is 2.48 bits per heavy atom. The van der Waals surface area contributed by atoms with Crippen LogP contribution in [0, 0.1) is 13.8 Å². The maximum absolute atomic E-state index is 12.8. The third-order valence-electron chi connectivity index (χ3n) is 6.24. The van der Waals surface area contributed by atoms with Gasteiger partial charge in [0.25, 0.3) is 11.8 Å². The second-order valence-electron chi connectivity index (χ2n) is 7.71. The molecule has 0 saturated carbocycles. The van der Waals surface area contributed by atoms with Gasteiger partial charge in [0.05, 0.1) is 16.2 Å². The molecule has 3 aliphatic rings. The molecular formula is C19H27N3O4S. The van der Waals surface area contributed by atoms with Crippen LogP contribution in [0.15, 0.2) is 0 Å². The minimum absolute atomic E-state index is 0.0713. The molecule has 0 N–H and O–H groups in total. The van der Waals surface area contributed by atoms with Crippen LogP contribution in [-0.2, 0) is 14.3 Å². The van der Waals surface area contributed by atoms with Crippen molar-refractivity contribution in [3.05, 3.63) is 15.6 Å². The summed E-state index contributed by atoms with van der Waals surface area (Å²) in [4.78, 5) is 34.6. The van der Waals surface area contributed by atoms with Gasteiger partial charge in [-0.15, -0.1) is 11.3 Å². The van der Waals surface area contributed by atoms with E-state index in [4.69, 9.17) is 9.47 Å². The van der Waals surface area contributed by atoms with Gasteiger partial charge in [0.1, 0.15) is 4.88 Å². The molecule has 4 heterocycles. The Kier molecular flexibility index (Phi) is 4.98. The monoisotopic (exact) mass is 393 g/mol. The molecule has 1 spiro atoms. The lowest BCUT2D eigenvalue weighted by molar-refractivity contribution is -0.213. The Morgan fingerprint density at radius 2 is 1.93 bits per heavy atom. The summed E-state index contributed by atoms with van der Waals surface area (Å²) in [5, 5.41) is 0.920. The second kappa shape index (κ2) is 7.14. The number of ether oxygens (including phenoxy) is 2. The lowest BCUT2D eigenvalue weighted by Gasteiger charge is -2.61. The topological polar surface area (TPSA) is 72.0 Å². The van der Waals surface area contributed by atoms with Crippen LogP contribution < -0.4 is 0 Å². The van der Waals surface area contributed by atoms with Crippen molar-refractivity contribution in [2.75, 3.05) is 33.4 Å². The van der Waals surface area contributed by atoms with Crippen LogP contribution in [0.25, 0.3) is 0 Å². The molecule has 0 aliphatic carbocycles. The highest BCUT2D eigenvalue weighted by Crippen LogP contribution is 2.45. The van der Waals surface area contributed by atoms with Gasteiger partial charge in [0.15, 0.2) is 6.10 Å². The molecule has 3 saturated heterocycles. The molecule has 3 aliphatic heterocycles. The van der Waals surface area contributed by atoms with E-state index in [2.05, 4.69) is 9.88 Å². The van der Waals surface area contributed by atoms with E-state index in [0.717, 1.165) is 41.3 Å². The maximum atomic E-state index is 12.8. The number of β-lactam (4-membered cyclic amide) rings is 1. The Balaban J connectivity index is 1.43. The predicted molar refractivity (Wildman–Crippen MR) is 101 cm³/mol. The molecule has 27 heavy (non-hydrogen) atoms. The van der Waals surface area contributed by atoms with E-state index >= 15 is 0 Å². The van der Waals surface area contributed by atoms with Crippen LogP contribution in [0.4, 0.5) is 0 Å². The predicted octanol–water partition coefficient (Wildman–Crippen LogP) is 1.77. The van der Waals surface area contributed by atoms with Crippen LogP contribution in [0.1, 0.15) is 46.1 Å². The average Bonchev–Trinajstić information content (AvgIpc) is 3.01. The SMILES string of the molecule is COC1C(=O)N(C2CCN(C(=O)c3sc(C)nc3C)CC2)C12CCOCC2. The highest BCUT2D eigenvalue weighted by molar-refractivity contribution is 7.13. The van der Waals surface area contributed by atoms with Crippen molar-refractivity contribution in [1.82, 2.24) is 14.8 Å². The van der Waals surface area contributed by atoms with E-state index in [0.29, 0.717) is 26.3 Å². The van der Waals surface area contributed by atoms with E-state index in [1.165, 1.54) is 11.3 Å². The third kappa shape index (κ3) is 2.98. The maximum Gasteiger partial charge on any atom is 0.265 e. The van der Waals surface area contributed by atoms with Crippen molar-refractivity contribution in [3.8, 4) is 0 Å². The summed E-state index contributed by atoms with van der Waals surface area (Å²) in [5.74, 6) is 0.167. The van der Waals surface area contributed by atoms with Crippen molar-refractivity contribution in [2.24, 2.45) is 0 Å². The Bertz CT molecular complexity index is 735. The highest BCUT2D eigenvalue weighted by atomic mass is 32.1. The zero-order valence-electron chi connectivity index (χ0n) is 16.2. The first-order valence-electron chi connectivity index (χ1n) is 9.65. The number of rotatable bonds is 3. The molecule has 1 unspecified atom stereocenters. The molecule has 0 aromatic carbocycles. The lowest BCUT2D eigenvalue weighted by atomic mass is 9.72. The summed E-state index contributed by atoms with van der Waals surface area (Å²) in [5.41, 5.74) is 0.596. The molecule has 4 rings (SSSR count). The number of piperidine rings is 1. The molecule has 0 bridgehead atoms. The number of aryl methyl sites for hydroxylation is 2. The summed E-state index contributed by atoms with van der Waals surface area (Å²) >= 11 is 1.46. The first-order valence-corrected chi connectivity index (χ1v) is 10.5. The summed E-state index contributed by atoms with van der Waals surface area (Å²) < 4.78 is 11.1. The van der Waals surface area contributed by atoms with Crippen LogP contribution in [0.3, 0.4) is 0 Å². The van der Waals surface area contributed by atoms with Gasteiger partial charge in [-0.2, -0.15) is 0 Å². The number of amides is 2. The third-order valence-corrected chi connectivity index (χ3v) is 7.30. The molecule has 1 aromatic rings. The lowest BCUT2D eigenvalue weighted by Crippen LogP contribution is -2.79. The quantitative estimate of drug-likeness (QED) is 0.732. The number of carbonyl (C=O) groups is 2. The van der Waals surface area contributed by atoms with E-state index in [-0.39, 0.29) is 29.5 Å². The fourth-order valence-corrected chi connectivity index (χ4v) is 5.82. The normalized spacial score (nSPS) is 25.7. The number of hydrogen-bond donors (Lipinski definition) is 0. The smallest absolute Gasteiger partial charge is 0.265 e. The van der Waals surface area contributed by atoms with Gasteiger partial charge in [0, 0.05) is 39.5 Å².